The van der Waals surface area contributed by atoms with E-state index in [0.717, 1.165) is 48.4 Å². The topological polar surface area (TPSA) is 73.1 Å². The molecule has 168 valence electrons. The van der Waals surface area contributed by atoms with Crippen molar-refractivity contribution in [3.63, 3.8) is 0 Å². The highest BCUT2D eigenvalue weighted by Crippen LogP contribution is 2.39. The van der Waals surface area contributed by atoms with E-state index in [1.165, 1.54) is 50.3 Å². The SMILES string of the molecule is COC(=O)N1c2ccc3c(nc(CCc4cnccn4)n3C3CCCCC3)c2CC[C@@H]1C. The Kier molecular flexibility index (Phi) is 5.81. The molecule has 1 aliphatic heterocycles. The van der Waals surface area contributed by atoms with Crippen molar-refractivity contribution in [2.24, 2.45) is 0 Å². The Labute approximate surface area is 188 Å². The number of anilines is 1. The molecule has 2 aromatic heterocycles. The molecule has 0 N–H and O–H groups in total. The molecule has 1 saturated carbocycles. The van der Waals surface area contributed by atoms with Gasteiger partial charge in [0.1, 0.15) is 5.82 Å². The van der Waals surface area contributed by atoms with Crippen molar-refractivity contribution >= 4 is 22.8 Å². The first-order chi connectivity index (χ1) is 15.7. The third kappa shape index (κ3) is 3.74. The van der Waals surface area contributed by atoms with Crippen molar-refractivity contribution in [1.29, 1.82) is 0 Å². The van der Waals surface area contributed by atoms with Gasteiger partial charge in [-0.1, -0.05) is 19.3 Å². The van der Waals surface area contributed by atoms with Crippen LogP contribution in [-0.4, -0.2) is 38.8 Å². The Hall–Kier alpha value is -2.96. The Morgan fingerprint density at radius 1 is 1.12 bits per heavy atom. The van der Waals surface area contributed by atoms with Crippen LogP contribution in [0.4, 0.5) is 10.5 Å². The number of aryl methyl sites for hydroxylation is 3. The number of amides is 1. The van der Waals surface area contributed by atoms with Crippen LogP contribution in [0.1, 0.15) is 68.6 Å². The van der Waals surface area contributed by atoms with E-state index in [-0.39, 0.29) is 12.1 Å². The van der Waals surface area contributed by atoms with Gasteiger partial charge >= 0.3 is 6.09 Å². The van der Waals surface area contributed by atoms with Crippen molar-refractivity contribution in [2.45, 2.75) is 76.8 Å². The quantitative estimate of drug-likeness (QED) is 0.577. The molecule has 3 aromatic rings. The van der Waals surface area contributed by atoms with Crippen LogP contribution >= 0.6 is 0 Å². The summed E-state index contributed by atoms with van der Waals surface area (Å²) in [5.41, 5.74) is 5.34. The molecule has 1 fully saturated rings. The summed E-state index contributed by atoms with van der Waals surface area (Å²) in [6.45, 7) is 2.08. The molecule has 32 heavy (non-hydrogen) atoms. The maximum atomic E-state index is 12.5. The van der Waals surface area contributed by atoms with Crippen LogP contribution in [0.25, 0.3) is 11.0 Å². The number of hydrogen-bond acceptors (Lipinski definition) is 5. The minimum Gasteiger partial charge on any atom is -0.452 e. The number of ether oxygens (including phenoxy) is 1. The molecular formula is C25H31N5O2. The monoisotopic (exact) mass is 433 g/mol. The van der Waals surface area contributed by atoms with Crippen molar-refractivity contribution in [1.82, 2.24) is 19.5 Å². The van der Waals surface area contributed by atoms with Gasteiger partial charge in [-0.05, 0) is 51.2 Å². The molecule has 7 nitrogen and oxygen atoms in total. The van der Waals surface area contributed by atoms with Gasteiger partial charge in [-0.15, -0.1) is 0 Å². The summed E-state index contributed by atoms with van der Waals surface area (Å²) in [5.74, 6) is 1.12. The lowest BCUT2D eigenvalue weighted by atomic mass is 9.94. The number of hydrogen-bond donors (Lipinski definition) is 0. The number of imidazole rings is 1. The Balaban J connectivity index is 1.59. The molecule has 1 aromatic carbocycles. The van der Waals surface area contributed by atoms with Crippen molar-refractivity contribution in [3.8, 4) is 0 Å². The zero-order valence-corrected chi connectivity index (χ0v) is 19.0. The summed E-state index contributed by atoms with van der Waals surface area (Å²) in [7, 11) is 1.45. The smallest absolute Gasteiger partial charge is 0.414 e. The minimum atomic E-state index is -0.299. The molecule has 0 spiro atoms. The summed E-state index contributed by atoms with van der Waals surface area (Å²) >= 11 is 0. The van der Waals surface area contributed by atoms with Crippen LogP contribution in [0.15, 0.2) is 30.7 Å². The summed E-state index contributed by atoms with van der Waals surface area (Å²) in [5, 5.41) is 0. The zero-order chi connectivity index (χ0) is 22.1. The standard InChI is InChI=1S/C25H31N5O2/c1-17-8-10-20-21(29(17)25(31)32-2)11-12-22-24(20)28-23(13-9-18-16-26-14-15-27-18)30(22)19-6-4-3-5-7-19/h11-12,14-17,19H,3-10,13H2,1-2H3/t17-/m0/s1. The number of methoxy groups -OCH3 is 1. The molecular weight excluding hydrogens is 402 g/mol. The number of nitrogens with zero attached hydrogens (tertiary/aromatic N) is 5. The van der Waals surface area contributed by atoms with Gasteiger partial charge in [0.15, 0.2) is 0 Å². The average Bonchev–Trinajstić information content (AvgIpc) is 3.22. The van der Waals surface area contributed by atoms with Crippen LogP contribution in [0.5, 0.6) is 0 Å². The fourth-order valence-electron chi connectivity index (χ4n) is 5.44. The second-order valence-electron chi connectivity index (χ2n) is 9.05. The zero-order valence-electron chi connectivity index (χ0n) is 19.0. The molecule has 5 rings (SSSR count). The highest BCUT2D eigenvalue weighted by molar-refractivity contribution is 5.95. The lowest BCUT2D eigenvalue weighted by molar-refractivity contribution is 0.175. The second-order valence-corrected chi connectivity index (χ2v) is 9.05. The average molecular weight is 434 g/mol. The second kappa shape index (κ2) is 8.88. The first kappa shape index (κ1) is 20.9. The molecule has 0 radical (unpaired) electrons. The molecule has 0 unspecified atom stereocenters. The van der Waals surface area contributed by atoms with E-state index < -0.39 is 0 Å². The van der Waals surface area contributed by atoms with E-state index >= 15 is 0 Å². The van der Waals surface area contributed by atoms with Crippen molar-refractivity contribution < 1.29 is 9.53 Å². The molecule has 0 saturated heterocycles. The number of aromatic nitrogens is 4. The van der Waals surface area contributed by atoms with E-state index in [0.29, 0.717) is 6.04 Å². The minimum absolute atomic E-state index is 0.115. The van der Waals surface area contributed by atoms with Gasteiger partial charge in [0, 0.05) is 42.7 Å². The third-order valence-electron chi connectivity index (χ3n) is 7.06. The summed E-state index contributed by atoms with van der Waals surface area (Å²) in [6, 6.07) is 4.86. The summed E-state index contributed by atoms with van der Waals surface area (Å²) in [4.78, 5) is 28.2. The van der Waals surface area contributed by atoms with Gasteiger partial charge in [0.05, 0.1) is 29.5 Å². The normalized spacial score (nSPS) is 19.2. The van der Waals surface area contributed by atoms with Gasteiger partial charge in [-0.3, -0.25) is 14.9 Å². The Morgan fingerprint density at radius 2 is 1.97 bits per heavy atom. The number of rotatable bonds is 4. The van der Waals surface area contributed by atoms with Gasteiger partial charge in [0.25, 0.3) is 0 Å². The first-order valence-electron chi connectivity index (χ1n) is 11.8. The summed E-state index contributed by atoms with van der Waals surface area (Å²) in [6.07, 6.45) is 14.7. The van der Waals surface area contributed by atoms with Crippen LogP contribution in [0.3, 0.4) is 0 Å². The van der Waals surface area contributed by atoms with Gasteiger partial charge in [-0.25, -0.2) is 9.78 Å². The Bertz CT molecular complexity index is 1100. The maximum Gasteiger partial charge on any atom is 0.414 e. The van der Waals surface area contributed by atoms with E-state index in [9.17, 15) is 4.79 Å². The largest absolute Gasteiger partial charge is 0.452 e. The lowest BCUT2D eigenvalue weighted by Gasteiger charge is -2.34. The lowest BCUT2D eigenvalue weighted by Crippen LogP contribution is -2.42. The van der Waals surface area contributed by atoms with E-state index in [1.807, 2.05) is 6.20 Å². The fourth-order valence-corrected chi connectivity index (χ4v) is 5.44. The molecule has 1 amide bonds. The number of carbonyl (C=O) groups is 1. The van der Waals surface area contributed by atoms with E-state index in [2.05, 4.69) is 33.6 Å². The third-order valence-corrected chi connectivity index (χ3v) is 7.06. The van der Waals surface area contributed by atoms with E-state index in [4.69, 9.17) is 9.72 Å². The van der Waals surface area contributed by atoms with Crippen LogP contribution in [0.2, 0.25) is 0 Å². The van der Waals surface area contributed by atoms with Gasteiger partial charge in [-0.2, -0.15) is 0 Å². The number of benzene rings is 1. The summed E-state index contributed by atoms with van der Waals surface area (Å²) < 4.78 is 7.58. The van der Waals surface area contributed by atoms with Gasteiger partial charge < -0.3 is 9.30 Å². The molecule has 7 heteroatoms. The van der Waals surface area contributed by atoms with Crippen molar-refractivity contribution in [2.75, 3.05) is 12.0 Å². The van der Waals surface area contributed by atoms with Crippen LogP contribution in [-0.2, 0) is 24.0 Å². The highest BCUT2D eigenvalue weighted by Gasteiger charge is 2.32. The maximum absolute atomic E-state index is 12.5. The highest BCUT2D eigenvalue weighted by atomic mass is 16.5. The van der Waals surface area contributed by atoms with Gasteiger partial charge in [0.2, 0.25) is 0 Å². The van der Waals surface area contributed by atoms with Crippen LogP contribution < -0.4 is 4.90 Å². The number of fused-ring (bicyclic) bond motifs is 3. The first-order valence-corrected chi connectivity index (χ1v) is 11.8. The fraction of sp³-hybridized carbons (Fsp3) is 0.520. The van der Waals surface area contributed by atoms with Crippen LogP contribution in [0, 0.1) is 0 Å². The molecule has 2 aliphatic rings. The predicted molar refractivity (Wildman–Crippen MR) is 124 cm³/mol. The molecule has 0 bridgehead atoms. The molecule has 1 aliphatic carbocycles. The van der Waals surface area contributed by atoms with Crippen molar-refractivity contribution in [3.05, 3.63) is 47.8 Å². The number of carbonyl (C=O) groups excluding carboxylic acids is 1. The molecule has 1 atom stereocenters. The van der Waals surface area contributed by atoms with E-state index in [1.54, 1.807) is 17.3 Å². The predicted octanol–water partition coefficient (Wildman–Crippen LogP) is 5.02. The molecule has 3 heterocycles. The Morgan fingerprint density at radius 3 is 2.72 bits per heavy atom.